The van der Waals surface area contributed by atoms with Gasteiger partial charge < -0.3 is 10.2 Å². The third-order valence-electron chi connectivity index (χ3n) is 5.36. The number of likely N-dealkylation sites (tertiary alicyclic amines) is 1. The van der Waals surface area contributed by atoms with Crippen LogP contribution in [0.25, 0.3) is 0 Å². The maximum absolute atomic E-state index is 12.3. The van der Waals surface area contributed by atoms with Crippen molar-refractivity contribution in [1.82, 2.24) is 15.1 Å². The van der Waals surface area contributed by atoms with E-state index in [0.29, 0.717) is 29.5 Å². The molecule has 6 nitrogen and oxygen atoms in total. The van der Waals surface area contributed by atoms with Gasteiger partial charge in [-0.15, -0.1) is 0 Å². The summed E-state index contributed by atoms with van der Waals surface area (Å²) in [4.78, 5) is 40.4. The number of rotatable bonds is 7. The number of nitrogens with one attached hydrogen (secondary N) is 1. The van der Waals surface area contributed by atoms with Gasteiger partial charge >= 0.3 is 0 Å². The summed E-state index contributed by atoms with van der Waals surface area (Å²) in [6, 6.07) is 6.79. The van der Waals surface area contributed by atoms with Gasteiger partial charge in [0.15, 0.2) is 0 Å². The van der Waals surface area contributed by atoms with Gasteiger partial charge in [-0.1, -0.05) is 26.0 Å². The fraction of sp³-hybridized carbons (Fsp3) is 0.571. The molecule has 6 heteroatoms. The van der Waals surface area contributed by atoms with Crippen molar-refractivity contribution in [3.63, 3.8) is 0 Å². The molecule has 1 saturated heterocycles. The van der Waals surface area contributed by atoms with E-state index in [2.05, 4.69) is 24.1 Å². The SMILES string of the molecule is CC(C)CN1CCC(CNC(=O)CCN2C(=O)c3ccccc3C2=O)CC1. The van der Waals surface area contributed by atoms with Gasteiger partial charge in [0.05, 0.1) is 11.1 Å². The number of carbonyl (C=O) groups excluding carboxylic acids is 3. The summed E-state index contributed by atoms with van der Waals surface area (Å²) >= 11 is 0. The predicted octanol–water partition coefficient (Wildman–Crippen LogP) is 2.16. The molecule has 1 N–H and O–H groups in total. The van der Waals surface area contributed by atoms with Gasteiger partial charge in [0.25, 0.3) is 11.8 Å². The van der Waals surface area contributed by atoms with Crippen LogP contribution in [0.2, 0.25) is 0 Å². The number of hydrogen-bond donors (Lipinski definition) is 1. The first-order chi connectivity index (χ1) is 13.0. The fourth-order valence-electron chi connectivity index (χ4n) is 3.89. The van der Waals surface area contributed by atoms with Gasteiger partial charge in [-0.3, -0.25) is 19.3 Å². The number of benzene rings is 1. The van der Waals surface area contributed by atoms with Crippen LogP contribution in [0.3, 0.4) is 0 Å². The zero-order valence-corrected chi connectivity index (χ0v) is 16.2. The van der Waals surface area contributed by atoms with Gasteiger partial charge in [0.2, 0.25) is 5.91 Å². The maximum atomic E-state index is 12.3. The van der Waals surface area contributed by atoms with Crippen LogP contribution in [0.4, 0.5) is 0 Å². The smallest absolute Gasteiger partial charge is 0.261 e. The zero-order chi connectivity index (χ0) is 19.4. The van der Waals surface area contributed by atoms with Crippen LogP contribution < -0.4 is 5.32 Å². The molecule has 0 saturated carbocycles. The minimum atomic E-state index is -0.305. The number of hydrogen-bond acceptors (Lipinski definition) is 4. The van der Waals surface area contributed by atoms with Crippen molar-refractivity contribution in [2.45, 2.75) is 33.1 Å². The molecule has 3 amide bonds. The number of nitrogens with zero attached hydrogens (tertiary/aromatic N) is 2. The lowest BCUT2D eigenvalue weighted by Crippen LogP contribution is -2.40. The number of imide groups is 1. The second-order valence-corrected chi connectivity index (χ2v) is 8.00. The summed E-state index contributed by atoms with van der Waals surface area (Å²) in [7, 11) is 0. The Kier molecular flexibility index (Phi) is 6.26. The van der Waals surface area contributed by atoms with E-state index in [4.69, 9.17) is 0 Å². The Bertz CT molecular complexity index is 673. The third kappa shape index (κ3) is 4.75. The molecule has 2 aliphatic heterocycles. The minimum Gasteiger partial charge on any atom is -0.356 e. The Morgan fingerprint density at radius 1 is 1.11 bits per heavy atom. The number of piperidine rings is 1. The van der Waals surface area contributed by atoms with Crippen LogP contribution in [0.5, 0.6) is 0 Å². The molecule has 1 fully saturated rings. The first-order valence-corrected chi connectivity index (χ1v) is 9.90. The summed E-state index contributed by atoms with van der Waals surface area (Å²) in [6.07, 6.45) is 2.36. The zero-order valence-electron chi connectivity index (χ0n) is 16.2. The molecule has 146 valence electrons. The summed E-state index contributed by atoms with van der Waals surface area (Å²) in [5.41, 5.74) is 0.854. The maximum Gasteiger partial charge on any atom is 0.261 e. The number of carbonyl (C=O) groups is 3. The Morgan fingerprint density at radius 3 is 2.26 bits per heavy atom. The van der Waals surface area contributed by atoms with E-state index in [0.717, 1.165) is 32.5 Å². The minimum absolute atomic E-state index is 0.101. The summed E-state index contributed by atoms with van der Waals surface area (Å²) in [6.45, 7) is 8.60. The van der Waals surface area contributed by atoms with Crippen LogP contribution in [-0.2, 0) is 4.79 Å². The highest BCUT2D eigenvalue weighted by Gasteiger charge is 2.35. The van der Waals surface area contributed by atoms with Gasteiger partial charge in [0, 0.05) is 26.1 Å². The summed E-state index contributed by atoms with van der Waals surface area (Å²) < 4.78 is 0. The highest BCUT2D eigenvalue weighted by molar-refractivity contribution is 6.21. The van der Waals surface area contributed by atoms with Gasteiger partial charge in [-0.05, 0) is 49.9 Å². The van der Waals surface area contributed by atoms with Crippen molar-refractivity contribution < 1.29 is 14.4 Å². The largest absolute Gasteiger partial charge is 0.356 e. The van der Waals surface area contributed by atoms with Gasteiger partial charge in [-0.25, -0.2) is 0 Å². The Labute approximate surface area is 160 Å². The molecule has 2 heterocycles. The molecule has 0 unspecified atom stereocenters. The molecule has 0 atom stereocenters. The van der Waals surface area contributed by atoms with E-state index in [-0.39, 0.29) is 30.7 Å². The van der Waals surface area contributed by atoms with Crippen LogP contribution >= 0.6 is 0 Å². The molecular weight excluding hydrogens is 342 g/mol. The highest BCUT2D eigenvalue weighted by atomic mass is 16.2. The van der Waals surface area contributed by atoms with E-state index in [1.54, 1.807) is 24.3 Å². The molecule has 3 rings (SSSR count). The third-order valence-corrected chi connectivity index (χ3v) is 5.36. The average molecular weight is 371 g/mol. The van der Waals surface area contributed by atoms with E-state index in [9.17, 15) is 14.4 Å². The molecular formula is C21H29N3O3. The van der Waals surface area contributed by atoms with Crippen LogP contribution in [-0.4, -0.2) is 60.2 Å². The predicted molar refractivity (Wildman–Crippen MR) is 103 cm³/mol. The lowest BCUT2D eigenvalue weighted by molar-refractivity contribution is -0.121. The molecule has 0 radical (unpaired) electrons. The molecule has 1 aromatic carbocycles. The number of amides is 3. The second-order valence-electron chi connectivity index (χ2n) is 8.00. The summed E-state index contributed by atoms with van der Waals surface area (Å²) in [5, 5.41) is 2.98. The van der Waals surface area contributed by atoms with E-state index >= 15 is 0 Å². The summed E-state index contributed by atoms with van der Waals surface area (Å²) in [5.74, 6) is 0.484. The lowest BCUT2D eigenvalue weighted by Gasteiger charge is -2.33. The van der Waals surface area contributed by atoms with E-state index in [1.165, 1.54) is 4.90 Å². The first-order valence-electron chi connectivity index (χ1n) is 9.90. The van der Waals surface area contributed by atoms with Crippen LogP contribution in [0.1, 0.15) is 53.8 Å². The quantitative estimate of drug-likeness (QED) is 0.746. The lowest BCUT2D eigenvalue weighted by atomic mass is 9.96. The molecule has 0 aliphatic carbocycles. The van der Waals surface area contributed by atoms with Crippen molar-refractivity contribution in [3.8, 4) is 0 Å². The molecule has 1 aromatic rings. The van der Waals surface area contributed by atoms with Crippen LogP contribution in [0, 0.1) is 11.8 Å². The van der Waals surface area contributed by atoms with Crippen molar-refractivity contribution in [2.75, 3.05) is 32.7 Å². The molecule has 0 bridgehead atoms. The van der Waals surface area contributed by atoms with Gasteiger partial charge in [0.1, 0.15) is 0 Å². The van der Waals surface area contributed by atoms with E-state index < -0.39 is 0 Å². The monoisotopic (exact) mass is 371 g/mol. The van der Waals surface area contributed by atoms with Crippen molar-refractivity contribution in [1.29, 1.82) is 0 Å². The number of fused-ring (bicyclic) bond motifs is 1. The van der Waals surface area contributed by atoms with Gasteiger partial charge in [-0.2, -0.15) is 0 Å². The topological polar surface area (TPSA) is 69.7 Å². The second kappa shape index (κ2) is 8.65. The first kappa shape index (κ1) is 19.5. The molecule has 2 aliphatic rings. The molecule has 27 heavy (non-hydrogen) atoms. The molecule has 0 spiro atoms. The van der Waals surface area contributed by atoms with E-state index in [1.807, 2.05) is 0 Å². The van der Waals surface area contributed by atoms with Crippen LogP contribution in [0.15, 0.2) is 24.3 Å². The standard InChI is InChI=1S/C21H29N3O3/c1-15(2)14-23-10-7-16(8-11-23)13-22-19(25)9-12-24-20(26)17-5-3-4-6-18(17)21(24)27/h3-6,15-16H,7-14H2,1-2H3,(H,22,25). The fourth-order valence-corrected chi connectivity index (χ4v) is 3.89. The van der Waals surface area contributed by atoms with Crippen molar-refractivity contribution in [3.05, 3.63) is 35.4 Å². The average Bonchev–Trinajstić information content (AvgIpc) is 2.90. The molecule has 0 aromatic heterocycles. The Hall–Kier alpha value is -2.21. The highest BCUT2D eigenvalue weighted by Crippen LogP contribution is 2.22. The Balaban J connectivity index is 1.39. The van der Waals surface area contributed by atoms with Crippen molar-refractivity contribution >= 4 is 17.7 Å². The normalized spacial score (nSPS) is 18.3. The van der Waals surface area contributed by atoms with Crippen molar-refractivity contribution in [2.24, 2.45) is 11.8 Å². The Morgan fingerprint density at radius 2 is 1.70 bits per heavy atom.